The van der Waals surface area contributed by atoms with Gasteiger partial charge in [0.2, 0.25) is 11.8 Å². The molecule has 1 aliphatic rings. The van der Waals surface area contributed by atoms with E-state index in [1.807, 2.05) is 54.6 Å². The summed E-state index contributed by atoms with van der Waals surface area (Å²) in [4.78, 5) is 39.7. The molecule has 0 unspecified atom stereocenters. The van der Waals surface area contributed by atoms with Crippen molar-refractivity contribution < 1.29 is 32.6 Å². The van der Waals surface area contributed by atoms with E-state index in [0.717, 1.165) is 23.3 Å². The van der Waals surface area contributed by atoms with Gasteiger partial charge in [0.05, 0.1) is 7.11 Å². The number of methoxy groups -OCH3 is 1. The zero-order valence-corrected chi connectivity index (χ0v) is 23.7. The highest BCUT2D eigenvalue weighted by Crippen LogP contribution is 2.22. The SMILES string of the molecule is COC(=O)[C@H](Cc1ccc(OCc2ccccc2)cc1)NC(=O)CC1CCN(C(=O)CCc2ccc(F)c(F)c2)CC1. The number of nitrogens with one attached hydrogen (secondary N) is 1. The lowest BCUT2D eigenvalue weighted by molar-refractivity contribution is -0.145. The van der Waals surface area contributed by atoms with E-state index >= 15 is 0 Å². The van der Waals surface area contributed by atoms with Crippen LogP contribution in [0.5, 0.6) is 5.75 Å². The van der Waals surface area contributed by atoms with Crippen molar-refractivity contribution in [3.05, 3.63) is 101 Å². The summed E-state index contributed by atoms with van der Waals surface area (Å²) < 4.78 is 37.3. The molecule has 1 saturated heterocycles. The van der Waals surface area contributed by atoms with Crippen LogP contribution in [0.15, 0.2) is 72.8 Å². The van der Waals surface area contributed by atoms with Gasteiger partial charge < -0.3 is 19.7 Å². The molecule has 0 saturated carbocycles. The Morgan fingerprint density at radius 3 is 2.26 bits per heavy atom. The van der Waals surface area contributed by atoms with Gasteiger partial charge in [0.25, 0.3) is 0 Å². The number of carbonyl (C=O) groups is 3. The van der Waals surface area contributed by atoms with Crippen LogP contribution in [0.2, 0.25) is 0 Å². The molecular weight excluding hydrogens is 542 g/mol. The van der Waals surface area contributed by atoms with E-state index in [1.165, 1.54) is 13.2 Å². The van der Waals surface area contributed by atoms with Gasteiger partial charge in [-0.05, 0) is 66.1 Å². The number of nitrogens with zero attached hydrogens (tertiary/aromatic N) is 1. The second kappa shape index (κ2) is 15.1. The number of carbonyl (C=O) groups excluding carboxylic acids is 3. The van der Waals surface area contributed by atoms with E-state index in [2.05, 4.69) is 5.32 Å². The molecule has 0 bridgehead atoms. The first-order valence-electron chi connectivity index (χ1n) is 14.1. The molecule has 4 rings (SSSR count). The molecule has 2 amide bonds. The molecule has 7 nitrogen and oxygen atoms in total. The second-order valence-corrected chi connectivity index (χ2v) is 10.5. The van der Waals surface area contributed by atoms with E-state index in [0.29, 0.717) is 50.3 Å². The third-order valence-corrected chi connectivity index (χ3v) is 7.49. The first-order chi connectivity index (χ1) is 20.3. The van der Waals surface area contributed by atoms with E-state index in [-0.39, 0.29) is 37.0 Å². The standard InChI is InChI=1S/C33H36F2N2O5/c1-41-33(40)30(20-24-7-11-27(12-8-24)42-22-26-5-3-2-4-6-26)36-31(38)21-25-15-17-37(18-16-25)32(39)14-10-23-9-13-28(34)29(35)19-23/h2-9,11-13,19,25,30H,10,14-18,20-22H2,1H3,(H,36,38)/t30-/m0/s1. The number of benzene rings is 3. The Bertz CT molecular complexity index is 1340. The molecule has 0 aliphatic carbocycles. The van der Waals surface area contributed by atoms with Crippen LogP contribution in [-0.2, 0) is 38.6 Å². The molecule has 3 aromatic carbocycles. The zero-order valence-electron chi connectivity index (χ0n) is 23.7. The number of halogens is 2. The smallest absolute Gasteiger partial charge is 0.328 e. The second-order valence-electron chi connectivity index (χ2n) is 10.5. The molecule has 1 N–H and O–H groups in total. The largest absolute Gasteiger partial charge is 0.489 e. The monoisotopic (exact) mass is 578 g/mol. The van der Waals surface area contributed by atoms with Crippen molar-refractivity contribution >= 4 is 17.8 Å². The van der Waals surface area contributed by atoms with Crippen LogP contribution in [-0.4, -0.2) is 48.9 Å². The maximum absolute atomic E-state index is 13.4. The fraction of sp³-hybridized carbons (Fsp3) is 0.364. The Morgan fingerprint density at radius 1 is 0.905 bits per heavy atom. The van der Waals surface area contributed by atoms with E-state index in [4.69, 9.17) is 9.47 Å². The summed E-state index contributed by atoms with van der Waals surface area (Å²) in [6.45, 7) is 1.49. The number of ether oxygens (including phenoxy) is 2. The summed E-state index contributed by atoms with van der Waals surface area (Å²) >= 11 is 0. The maximum Gasteiger partial charge on any atom is 0.328 e. The van der Waals surface area contributed by atoms with E-state index in [9.17, 15) is 23.2 Å². The number of esters is 1. The number of rotatable bonds is 12. The van der Waals surface area contributed by atoms with Gasteiger partial charge in [-0.1, -0.05) is 48.5 Å². The topological polar surface area (TPSA) is 84.9 Å². The Balaban J connectivity index is 1.21. The average molecular weight is 579 g/mol. The third kappa shape index (κ3) is 9.12. The molecule has 0 radical (unpaired) electrons. The normalized spacial score (nSPS) is 14.2. The number of hydrogen-bond acceptors (Lipinski definition) is 5. The van der Waals surface area contributed by atoms with Gasteiger partial charge in [0, 0.05) is 32.4 Å². The highest BCUT2D eigenvalue weighted by atomic mass is 19.2. The predicted molar refractivity (Wildman–Crippen MR) is 153 cm³/mol. The first kappa shape index (κ1) is 30.7. The lowest BCUT2D eigenvalue weighted by Crippen LogP contribution is -2.44. The van der Waals surface area contributed by atoms with Gasteiger partial charge in [0.1, 0.15) is 18.4 Å². The minimum absolute atomic E-state index is 0.0510. The van der Waals surface area contributed by atoms with E-state index in [1.54, 1.807) is 4.90 Å². The van der Waals surface area contributed by atoms with Crippen molar-refractivity contribution in [2.24, 2.45) is 5.92 Å². The molecule has 1 fully saturated rings. The lowest BCUT2D eigenvalue weighted by Gasteiger charge is -2.32. The Labute approximate surface area is 244 Å². The van der Waals surface area contributed by atoms with Crippen molar-refractivity contribution in [1.29, 1.82) is 0 Å². The van der Waals surface area contributed by atoms with Crippen LogP contribution < -0.4 is 10.1 Å². The summed E-state index contributed by atoms with van der Waals surface area (Å²) in [7, 11) is 1.29. The molecule has 1 heterocycles. The molecule has 3 aromatic rings. The Kier molecular flexibility index (Phi) is 11.0. The van der Waals surface area contributed by atoms with Gasteiger partial charge in [-0.25, -0.2) is 13.6 Å². The number of aryl methyl sites for hydroxylation is 1. The highest BCUT2D eigenvalue weighted by molar-refractivity contribution is 5.84. The Hall–Kier alpha value is -4.27. The number of piperidine rings is 1. The van der Waals surface area contributed by atoms with Crippen LogP contribution in [0.3, 0.4) is 0 Å². The van der Waals surface area contributed by atoms with Crippen molar-refractivity contribution in [3.8, 4) is 5.75 Å². The van der Waals surface area contributed by atoms with Gasteiger partial charge in [-0.2, -0.15) is 0 Å². The molecular formula is C33H36F2N2O5. The lowest BCUT2D eigenvalue weighted by atomic mass is 9.92. The van der Waals surface area contributed by atoms with Crippen LogP contribution >= 0.6 is 0 Å². The molecule has 1 aliphatic heterocycles. The third-order valence-electron chi connectivity index (χ3n) is 7.49. The van der Waals surface area contributed by atoms with Crippen molar-refractivity contribution in [1.82, 2.24) is 10.2 Å². The molecule has 0 spiro atoms. The number of hydrogen-bond donors (Lipinski definition) is 1. The number of likely N-dealkylation sites (tertiary alicyclic amines) is 1. The first-order valence-corrected chi connectivity index (χ1v) is 14.1. The summed E-state index contributed by atoms with van der Waals surface area (Å²) in [5, 5.41) is 2.82. The maximum atomic E-state index is 13.4. The summed E-state index contributed by atoms with van der Waals surface area (Å²) in [5.74, 6) is -1.85. The molecule has 9 heteroatoms. The summed E-state index contributed by atoms with van der Waals surface area (Å²) in [6.07, 6.45) is 2.39. The molecule has 42 heavy (non-hydrogen) atoms. The summed E-state index contributed by atoms with van der Waals surface area (Å²) in [5.41, 5.74) is 2.49. The predicted octanol–water partition coefficient (Wildman–Crippen LogP) is 5.01. The fourth-order valence-corrected chi connectivity index (χ4v) is 5.04. The minimum Gasteiger partial charge on any atom is -0.489 e. The van der Waals surface area contributed by atoms with Gasteiger partial charge in [-0.3, -0.25) is 9.59 Å². The highest BCUT2D eigenvalue weighted by Gasteiger charge is 2.27. The number of amides is 2. The minimum atomic E-state index is -0.921. The average Bonchev–Trinajstić information content (AvgIpc) is 3.01. The molecule has 222 valence electrons. The molecule has 1 atom stereocenters. The van der Waals surface area contributed by atoms with Crippen LogP contribution in [0.25, 0.3) is 0 Å². The van der Waals surface area contributed by atoms with Crippen molar-refractivity contribution in [2.45, 2.75) is 51.2 Å². The zero-order chi connectivity index (χ0) is 29.9. The van der Waals surface area contributed by atoms with E-state index < -0.39 is 23.6 Å². The molecule has 0 aromatic heterocycles. The van der Waals surface area contributed by atoms with Gasteiger partial charge in [-0.15, -0.1) is 0 Å². The quantitative estimate of drug-likeness (QED) is 0.306. The van der Waals surface area contributed by atoms with Crippen LogP contribution in [0, 0.1) is 17.6 Å². The Morgan fingerprint density at radius 2 is 1.60 bits per heavy atom. The van der Waals surface area contributed by atoms with Crippen molar-refractivity contribution in [2.75, 3.05) is 20.2 Å². The van der Waals surface area contributed by atoms with Crippen molar-refractivity contribution in [3.63, 3.8) is 0 Å². The fourth-order valence-electron chi connectivity index (χ4n) is 5.04. The van der Waals surface area contributed by atoms with Crippen LogP contribution in [0.4, 0.5) is 8.78 Å². The van der Waals surface area contributed by atoms with Crippen LogP contribution in [0.1, 0.15) is 42.4 Å². The summed E-state index contributed by atoms with van der Waals surface area (Å²) in [6, 6.07) is 20.1. The van der Waals surface area contributed by atoms with Gasteiger partial charge in [0.15, 0.2) is 11.6 Å². The van der Waals surface area contributed by atoms with Gasteiger partial charge >= 0.3 is 5.97 Å².